The Morgan fingerprint density at radius 1 is 1.42 bits per heavy atom. The van der Waals surface area contributed by atoms with E-state index in [0.717, 1.165) is 48.7 Å². The molecule has 0 radical (unpaired) electrons. The predicted molar refractivity (Wildman–Crippen MR) is 97.7 cm³/mol. The third-order valence-electron chi connectivity index (χ3n) is 5.52. The molecule has 2 aliphatic rings. The van der Waals surface area contributed by atoms with Crippen LogP contribution in [0.5, 0.6) is 0 Å². The molecule has 138 valence electrons. The molecule has 2 atom stereocenters. The van der Waals surface area contributed by atoms with E-state index in [1.54, 1.807) is 10.9 Å². The van der Waals surface area contributed by atoms with E-state index in [1.807, 2.05) is 31.0 Å². The summed E-state index contributed by atoms with van der Waals surface area (Å²) >= 11 is 0. The van der Waals surface area contributed by atoms with Gasteiger partial charge in [0.1, 0.15) is 11.9 Å². The number of carbonyl (C=O) groups excluding carboxylic acids is 1. The predicted octanol–water partition coefficient (Wildman–Crippen LogP) is 1.59. The van der Waals surface area contributed by atoms with Gasteiger partial charge in [0.15, 0.2) is 0 Å². The number of amides is 1. The Labute approximate surface area is 153 Å². The molecule has 2 aromatic rings. The second-order valence-electron chi connectivity index (χ2n) is 7.35. The molecule has 7 heteroatoms. The van der Waals surface area contributed by atoms with Gasteiger partial charge in [-0.3, -0.25) is 9.48 Å². The summed E-state index contributed by atoms with van der Waals surface area (Å²) in [5, 5.41) is 7.70. The van der Waals surface area contributed by atoms with Gasteiger partial charge in [0.25, 0.3) is 0 Å². The molecule has 1 N–H and O–H groups in total. The van der Waals surface area contributed by atoms with Crippen LogP contribution in [0.1, 0.15) is 54.5 Å². The number of hydrogen-bond donors (Lipinski definition) is 1. The molecule has 26 heavy (non-hydrogen) atoms. The van der Waals surface area contributed by atoms with Crippen molar-refractivity contribution >= 4 is 5.91 Å². The molecule has 2 aliphatic heterocycles. The van der Waals surface area contributed by atoms with E-state index in [-0.39, 0.29) is 11.9 Å². The Morgan fingerprint density at radius 2 is 2.31 bits per heavy atom. The first kappa shape index (κ1) is 17.1. The number of nitrogens with zero attached hydrogens (tertiary/aromatic N) is 5. The van der Waals surface area contributed by atoms with Gasteiger partial charge in [-0.05, 0) is 39.3 Å². The summed E-state index contributed by atoms with van der Waals surface area (Å²) in [7, 11) is 0. The average Bonchev–Trinajstić information content (AvgIpc) is 3.12. The summed E-state index contributed by atoms with van der Waals surface area (Å²) in [6.07, 6.45) is 6.78. The van der Waals surface area contributed by atoms with Crippen molar-refractivity contribution in [1.82, 2.24) is 30.0 Å². The molecule has 0 unspecified atom stereocenters. The van der Waals surface area contributed by atoms with Crippen LogP contribution in [-0.4, -0.2) is 50.2 Å². The minimum absolute atomic E-state index is 0.100. The quantitative estimate of drug-likeness (QED) is 0.906. The molecular formula is C19H26N6O. The van der Waals surface area contributed by atoms with Gasteiger partial charge in [0.2, 0.25) is 5.91 Å². The molecule has 4 rings (SSSR count). The van der Waals surface area contributed by atoms with Gasteiger partial charge in [-0.15, -0.1) is 0 Å². The molecule has 4 heterocycles. The molecule has 1 saturated heterocycles. The summed E-state index contributed by atoms with van der Waals surface area (Å²) in [6, 6.07) is 1.63. The first-order valence-corrected chi connectivity index (χ1v) is 9.48. The zero-order chi connectivity index (χ0) is 18.1. The van der Waals surface area contributed by atoms with E-state index < -0.39 is 0 Å². The minimum Gasteiger partial charge on any atom is -0.336 e. The highest BCUT2D eigenvalue weighted by Crippen LogP contribution is 2.24. The third kappa shape index (κ3) is 3.23. The second-order valence-corrected chi connectivity index (χ2v) is 7.35. The highest BCUT2D eigenvalue weighted by molar-refractivity contribution is 5.80. The molecular weight excluding hydrogens is 328 g/mol. The molecule has 0 spiro atoms. The molecule has 0 saturated carbocycles. The fraction of sp³-hybridized carbons (Fsp3) is 0.579. The lowest BCUT2D eigenvalue weighted by Crippen LogP contribution is -2.40. The number of carbonyl (C=O) groups is 1. The van der Waals surface area contributed by atoms with Crippen LogP contribution < -0.4 is 5.32 Å². The average molecular weight is 354 g/mol. The standard InChI is InChI=1S/C19H26N6O/c1-13-5-8-22-25(13)14(2)19(26)24-9-6-17-16(12-24)11-21-18(23-17)15-4-3-7-20-10-15/h5,8,11,14-15,20H,3-4,6-7,9-10,12H2,1-2H3/t14-,15+/m0/s1. The summed E-state index contributed by atoms with van der Waals surface area (Å²) < 4.78 is 1.79. The van der Waals surface area contributed by atoms with E-state index in [4.69, 9.17) is 4.98 Å². The van der Waals surface area contributed by atoms with Gasteiger partial charge in [0, 0.05) is 55.6 Å². The zero-order valence-corrected chi connectivity index (χ0v) is 15.5. The SMILES string of the molecule is Cc1ccnn1[C@@H](C)C(=O)N1CCc2nc([C@@H]3CCCNC3)ncc2C1. The number of hydrogen-bond acceptors (Lipinski definition) is 5. The van der Waals surface area contributed by atoms with Crippen molar-refractivity contribution in [1.29, 1.82) is 0 Å². The monoisotopic (exact) mass is 354 g/mol. The van der Waals surface area contributed by atoms with Gasteiger partial charge in [-0.2, -0.15) is 5.10 Å². The van der Waals surface area contributed by atoms with Gasteiger partial charge < -0.3 is 10.2 Å². The number of fused-ring (bicyclic) bond motifs is 1. The minimum atomic E-state index is -0.292. The number of rotatable bonds is 3. The largest absolute Gasteiger partial charge is 0.336 e. The Bertz CT molecular complexity index is 795. The Kier molecular flexibility index (Phi) is 4.72. The maximum absolute atomic E-state index is 12.9. The second kappa shape index (κ2) is 7.15. The van der Waals surface area contributed by atoms with Crippen LogP contribution >= 0.6 is 0 Å². The van der Waals surface area contributed by atoms with Crippen LogP contribution in [0.15, 0.2) is 18.5 Å². The molecule has 0 bridgehead atoms. The molecule has 0 aromatic carbocycles. The van der Waals surface area contributed by atoms with Crippen molar-refractivity contribution in [2.24, 2.45) is 0 Å². The zero-order valence-electron chi connectivity index (χ0n) is 15.5. The van der Waals surface area contributed by atoms with Crippen LogP contribution in [0.4, 0.5) is 0 Å². The van der Waals surface area contributed by atoms with Crippen molar-refractivity contribution in [3.63, 3.8) is 0 Å². The smallest absolute Gasteiger partial charge is 0.247 e. The normalized spacial score (nSPS) is 21.3. The fourth-order valence-corrected chi connectivity index (χ4v) is 3.94. The number of aryl methyl sites for hydroxylation is 1. The summed E-state index contributed by atoms with van der Waals surface area (Å²) in [5.74, 6) is 1.47. The van der Waals surface area contributed by atoms with Crippen molar-refractivity contribution in [3.05, 3.63) is 41.2 Å². The van der Waals surface area contributed by atoms with Gasteiger partial charge in [-0.1, -0.05) is 0 Å². The number of nitrogens with one attached hydrogen (secondary N) is 1. The first-order chi connectivity index (χ1) is 12.6. The maximum atomic E-state index is 12.9. The van der Waals surface area contributed by atoms with Crippen LogP contribution in [0.3, 0.4) is 0 Å². The van der Waals surface area contributed by atoms with E-state index in [2.05, 4.69) is 15.4 Å². The number of piperidine rings is 1. The van der Waals surface area contributed by atoms with Crippen molar-refractivity contribution in [2.45, 2.75) is 51.6 Å². The van der Waals surface area contributed by atoms with E-state index in [1.165, 1.54) is 6.42 Å². The topological polar surface area (TPSA) is 75.9 Å². The van der Waals surface area contributed by atoms with Crippen molar-refractivity contribution < 1.29 is 4.79 Å². The summed E-state index contributed by atoms with van der Waals surface area (Å²) in [4.78, 5) is 24.2. The molecule has 7 nitrogen and oxygen atoms in total. The molecule has 1 fully saturated rings. The fourth-order valence-electron chi connectivity index (χ4n) is 3.94. The van der Waals surface area contributed by atoms with Crippen LogP contribution in [0, 0.1) is 6.92 Å². The lowest BCUT2D eigenvalue weighted by atomic mass is 9.98. The highest BCUT2D eigenvalue weighted by atomic mass is 16.2. The van der Waals surface area contributed by atoms with Crippen LogP contribution in [-0.2, 0) is 17.8 Å². The Morgan fingerprint density at radius 3 is 3.04 bits per heavy atom. The third-order valence-corrected chi connectivity index (χ3v) is 5.52. The van der Waals surface area contributed by atoms with E-state index in [0.29, 0.717) is 19.0 Å². The lowest BCUT2D eigenvalue weighted by Gasteiger charge is -2.31. The van der Waals surface area contributed by atoms with Gasteiger partial charge in [0.05, 0.1) is 5.69 Å². The highest BCUT2D eigenvalue weighted by Gasteiger charge is 2.28. The Hall–Kier alpha value is -2.28. The van der Waals surface area contributed by atoms with E-state index >= 15 is 0 Å². The van der Waals surface area contributed by atoms with Crippen molar-refractivity contribution in [2.75, 3.05) is 19.6 Å². The lowest BCUT2D eigenvalue weighted by molar-refractivity contribution is -0.135. The number of aromatic nitrogens is 4. The molecule has 0 aliphatic carbocycles. The van der Waals surface area contributed by atoms with Crippen molar-refractivity contribution in [3.8, 4) is 0 Å². The first-order valence-electron chi connectivity index (χ1n) is 9.48. The van der Waals surface area contributed by atoms with Gasteiger partial charge in [-0.25, -0.2) is 9.97 Å². The van der Waals surface area contributed by atoms with Gasteiger partial charge >= 0.3 is 0 Å². The molecule has 2 aromatic heterocycles. The Balaban J connectivity index is 1.47. The van der Waals surface area contributed by atoms with E-state index in [9.17, 15) is 4.79 Å². The summed E-state index contributed by atoms with van der Waals surface area (Å²) in [5.41, 5.74) is 3.17. The molecule has 1 amide bonds. The van der Waals surface area contributed by atoms with Crippen LogP contribution in [0.25, 0.3) is 0 Å². The summed E-state index contributed by atoms with van der Waals surface area (Å²) in [6.45, 7) is 7.22. The van der Waals surface area contributed by atoms with Crippen LogP contribution in [0.2, 0.25) is 0 Å². The maximum Gasteiger partial charge on any atom is 0.247 e.